The van der Waals surface area contributed by atoms with Gasteiger partial charge in [0.2, 0.25) is 5.91 Å². The van der Waals surface area contributed by atoms with Crippen molar-refractivity contribution in [1.82, 2.24) is 0 Å². The summed E-state index contributed by atoms with van der Waals surface area (Å²) >= 11 is 0. The first kappa shape index (κ1) is 9.21. The third-order valence-corrected chi connectivity index (χ3v) is 2.35. The average Bonchev–Trinajstić information content (AvgIpc) is 2.42. The van der Waals surface area contributed by atoms with E-state index in [1.807, 2.05) is 19.1 Å². The number of anilines is 1. The summed E-state index contributed by atoms with van der Waals surface area (Å²) in [5.41, 5.74) is 8.96. The van der Waals surface area contributed by atoms with Crippen molar-refractivity contribution in [3.63, 3.8) is 0 Å². The number of amides is 1. The summed E-state index contributed by atoms with van der Waals surface area (Å²) in [5, 5.41) is 2.81. The Morgan fingerprint density at radius 1 is 1.57 bits per heavy atom. The monoisotopic (exact) mass is 190 g/mol. The minimum atomic E-state index is 0.0814. The Kier molecular flexibility index (Phi) is 2.25. The van der Waals surface area contributed by atoms with Crippen LogP contribution in [0.3, 0.4) is 0 Å². The summed E-state index contributed by atoms with van der Waals surface area (Å²) in [7, 11) is 0. The number of nitrogens with two attached hydrogens (primary N) is 1. The molecule has 1 unspecified atom stereocenters. The molecule has 3 heteroatoms. The SMILES string of the molecule is CC(N)Cc1ccc2c(c1)CC(=O)N2. The largest absolute Gasteiger partial charge is 0.328 e. The van der Waals surface area contributed by atoms with Gasteiger partial charge in [0.15, 0.2) is 0 Å². The molecule has 0 spiro atoms. The number of carbonyl (C=O) groups excluding carboxylic acids is 1. The second-order valence-electron chi connectivity index (χ2n) is 3.90. The zero-order valence-corrected chi connectivity index (χ0v) is 8.21. The van der Waals surface area contributed by atoms with Gasteiger partial charge >= 0.3 is 0 Å². The van der Waals surface area contributed by atoms with Crippen molar-refractivity contribution in [2.24, 2.45) is 5.73 Å². The second kappa shape index (κ2) is 3.42. The maximum Gasteiger partial charge on any atom is 0.228 e. The van der Waals surface area contributed by atoms with E-state index < -0.39 is 0 Å². The highest BCUT2D eigenvalue weighted by Crippen LogP contribution is 2.24. The highest BCUT2D eigenvalue weighted by Gasteiger charge is 2.17. The van der Waals surface area contributed by atoms with Crippen molar-refractivity contribution < 1.29 is 4.79 Å². The van der Waals surface area contributed by atoms with Crippen molar-refractivity contribution >= 4 is 11.6 Å². The van der Waals surface area contributed by atoms with Crippen LogP contribution >= 0.6 is 0 Å². The van der Waals surface area contributed by atoms with Crippen LogP contribution < -0.4 is 11.1 Å². The van der Waals surface area contributed by atoms with Gasteiger partial charge in [-0.1, -0.05) is 12.1 Å². The molecule has 0 bridgehead atoms. The van der Waals surface area contributed by atoms with Gasteiger partial charge in [-0.2, -0.15) is 0 Å². The fourth-order valence-corrected chi connectivity index (χ4v) is 1.78. The minimum absolute atomic E-state index is 0.0814. The van der Waals surface area contributed by atoms with E-state index in [1.165, 1.54) is 5.56 Å². The summed E-state index contributed by atoms with van der Waals surface area (Å²) in [6, 6.07) is 6.21. The van der Waals surface area contributed by atoms with Gasteiger partial charge in [0, 0.05) is 11.7 Å². The molecule has 2 rings (SSSR count). The van der Waals surface area contributed by atoms with Gasteiger partial charge in [-0.05, 0) is 30.5 Å². The van der Waals surface area contributed by atoms with Crippen LogP contribution in [-0.4, -0.2) is 11.9 Å². The van der Waals surface area contributed by atoms with Crippen LogP contribution in [0.4, 0.5) is 5.69 Å². The van der Waals surface area contributed by atoms with E-state index in [-0.39, 0.29) is 11.9 Å². The maximum absolute atomic E-state index is 11.1. The molecule has 1 aromatic rings. The van der Waals surface area contributed by atoms with Gasteiger partial charge < -0.3 is 11.1 Å². The molecular formula is C11H14N2O. The molecule has 1 amide bonds. The molecule has 0 saturated carbocycles. The third kappa shape index (κ3) is 1.77. The van der Waals surface area contributed by atoms with E-state index in [0.717, 1.165) is 17.7 Å². The Bertz CT molecular complexity index is 372. The van der Waals surface area contributed by atoms with Crippen LogP contribution in [0, 0.1) is 0 Å². The van der Waals surface area contributed by atoms with Gasteiger partial charge in [-0.25, -0.2) is 0 Å². The van der Waals surface area contributed by atoms with Crippen LogP contribution in [0.15, 0.2) is 18.2 Å². The standard InChI is InChI=1S/C11H14N2O/c1-7(12)4-8-2-3-10-9(5-8)6-11(14)13-10/h2-3,5,7H,4,6,12H2,1H3,(H,13,14). The smallest absolute Gasteiger partial charge is 0.228 e. The maximum atomic E-state index is 11.1. The molecule has 0 radical (unpaired) electrons. The fraction of sp³-hybridized carbons (Fsp3) is 0.364. The van der Waals surface area contributed by atoms with Gasteiger partial charge in [0.05, 0.1) is 6.42 Å². The van der Waals surface area contributed by atoms with E-state index in [9.17, 15) is 4.79 Å². The van der Waals surface area contributed by atoms with E-state index in [4.69, 9.17) is 5.73 Å². The van der Waals surface area contributed by atoms with Crippen molar-refractivity contribution in [2.75, 3.05) is 5.32 Å². The average molecular weight is 190 g/mol. The first-order valence-corrected chi connectivity index (χ1v) is 4.82. The fourth-order valence-electron chi connectivity index (χ4n) is 1.78. The summed E-state index contributed by atoms with van der Waals surface area (Å²) in [6.45, 7) is 1.98. The molecule has 0 fully saturated rings. The molecule has 74 valence electrons. The molecule has 1 atom stereocenters. The number of benzene rings is 1. The van der Waals surface area contributed by atoms with E-state index in [1.54, 1.807) is 0 Å². The van der Waals surface area contributed by atoms with Gasteiger partial charge in [-0.15, -0.1) is 0 Å². The lowest BCUT2D eigenvalue weighted by molar-refractivity contribution is -0.115. The summed E-state index contributed by atoms with van der Waals surface area (Å²) in [6.07, 6.45) is 1.36. The molecule has 0 aromatic heterocycles. The first-order chi connectivity index (χ1) is 6.65. The molecule has 1 aromatic carbocycles. The van der Waals surface area contributed by atoms with E-state index >= 15 is 0 Å². The Balaban J connectivity index is 2.24. The van der Waals surface area contributed by atoms with Crippen molar-refractivity contribution in [3.8, 4) is 0 Å². The number of hydrogen-bond acceptors (Lipinski definition) is 2. The van der Waals surface area contributed by atoms with Crippen LogP contribution in [0.2, 0.25) is 0 Å². The Labute approximate surface area is 83.3 Å². The lowest BCUT2D eigenvalue weighted by Gasteiger charge is -2.06. The van der Waals surface area contributed by atoms with Crippen LogP contribution in [-0.2, 0) is 17.6 Å². The van der Waals surface area contributed by atoms with Crippen LogP contribution in [0.5, 0.6) is 0 Å². The molecule has 1 heterocycles. The molecule has 0 aliphatic carbocycles. The number of nitrogens with one attached hydrogen (secondary N) is 1. The molecule has 3 N–H and O–H groups in total. The number of rotatable bonds is 2. The highest BCUT2D eigenvalue weighted by molar-refractivity contribution is 5.99. The molecule has 14 heavy (non-hydrogen) atoms. The third-order valence-electron chi connectivity index (χ3n) is 2.35. The Morgan fingerprint density at radius 2 is 2.36 bits per heavy atom. The molecule has 1 aliphatic heterocycles. The predicted octanol–water partition coefficient (Wildman–Crippen LogP) is 1.07. The summed E-state index contributed by atoms with van der Waals surface area (Å²) in [4.78, 5) is 11.1. The molecular weight excluding hydrogens is 176 g/mol. The zero-order chi connectivity index (χ0) is 10.1. The van der Waals surface area contributed by atoms with Crippen molar-refractivity contribution in [2.45, 2.75) is 25.8 Å². The van der Waals surface area contributed by atoms with Gasteiger partial charge in [0.25, 0.3) is 0 Å². The van der Waals surface area contributed by atoms with Gasteiger partial charge in [0.1, 0.15) is 0 Å². The number of hydrogen-bond donors (Lipinski definition) is 2. The number of carbonyl (C=O) groups is 1. The lowest BCUT2D eigenvalue weighted by atomic mass is 10.0. The topological polar surface area (TPSA) is 55.1 Å². The van der Waals surface area contributed by atoms with Crippen molar-refractivity contribution in [3.05, 3.63) is 29.3 Å². The second-order valence-corrected chi connectivity index (χ2v) is 3.90. The molecule has 0 saturated heterocycles. The Hall–Kier alpha value is -1.35. The van der Waals surface area contributed by atoms with Gasteiger partial charge in [-0.3, -0.25) is 4.79 Å². The molecule has 3 nitrogen and oxygen atoms in total. The Morgan fingerprint density at radius 3 is 3.07 bits per heavy atom. The first-order valence-electron chi connectivity index (χ1n) is 4.82. The summed E-state index contributed by atoms with van der Waals surface area (Å²) < 4.78 is 0. The van der Waals surface area contributed by atoms with Crippen LogP contribution in [0.1, 0.15) is 18.1 Å². The zero-order valence-electron chi connectivity index (χ0n) is 8.21. The van der Waals surface area contributed by atoms with E-state index in [2.05, 4.69) is 11.4 Å². The quantitative estimate of drug-likeness (QED) is 0.733. The normalized spacial score (nSPS) is 16.3. The van der Waals surface area contributed by atoms with Crippen molar-refractivity contribution in [1.29, 1.82) is 0 Å². The van der Waals surface area contributed by atoms with Crippen LogP contribution in [0.25, 0.3) is 0 Å². The summed E-state index contributed by atoms with van der Waals surface area (Å²) in [5.74, 6) is 0.0814. The predicted molar refractivity (Wildman–Crippen MR) is 56.1 cm³/mol. The highest BCUT2D eigenvalue weighted by atomic mass is 16.1. The molecule has 1 aliphatic rings. The number of fused-ring (bicyclic) bond motifs is 1. The lowest BCUT2D eigenvalue weighted by Crippen LogP contribution is -2.17. The van der Waals surface area contributed by atoms with E-state index in [0.29, 0.717) is 6.42 Å². The minimum Gasteiger partial charge on any atom is -0.328 e.